The van der Waals surface area contributed by atoms with Crippen molar-refractivity contribution >= 4 is 11.6 Å². The Morgan fingerprint density at radius 1 is 1.10 bits per heavy atom. The molecule has 0 aliphatic rings. The lowest BCUT2D eigenvalue weighted by atomic mass is 10.1. The summed E-state index contributed by atoms with van der Waals surface area (Å²) < 4.78 is 0. The second kappa shape index (κ2) is 5.41. The number of rotatable bonds is 3. The van der Waals surface area contributed by atoms with Crippen molar-refractivity contribution in [1.29, 1.82) is 0 Å². The Morgan fingerprint density at radius 3 is 2.71 bits per heavy atom. The summed E-state index contributed by atoms with van der Waals surface area (Å²) in [6.45, 7) is 0. The van der Waals surface area contributed by atoms with E-state index in [2.05, 4.69) is 25.7 Å². The molecule has 1 aromatic carbocycles. The third-order valence-corrected chi connectivity index (χ3v) is 2.84. The normalized spacial score (nSPS) is 10.3. The number of hydrogen-bond acceptors (Lipinski definition) is 4. The molecule has 0 spiro atoms. The van der Waals surface area contributed by atoms with Crippen LogP contribution in [0.15, 0.2) is 53.5 Å². The van der Waals surface area contributed by atoms with Crippen LogP contribution in [0, 0.1) is 0 Å². The molecular weight excluding hydrogens is 270 g/mol. The average molecular weight is 281 g/mol. The molecule has 7 heteroatoms. The first kappa shape index (κ1) is 12.8. The summed E-state index contributed by atoms with van der Waals surface area (Å²) in [5, 5.41) is 15.4. The lowest BCUT2D eigenvalue weighted by molar-refractivity contribution is 0.102. The molecule has 0 saturated carbocycles. The van der Waals surface area contributed by atoms with E-state index in [1.807, 2.05) is 24.3 Å². The van der Waals surface area contributed by atoms with Gasteiger partial charge < -0.3 is 5.32 Å². The minimum Gasteiger partial charge on any atom is -0.321 e. The fourth-order valence-electron chi connectivity index (χ4n) is 1.85. The summed E-state index contributed by atoms with van der Waals surface area (Å²) in [7, 11) is 0. The Balaban J connectivity index is 1.82. The molecular formula is C14H11N5O2. The van der Waals surface area contributed by atoms with Gasteiger partial charge in [-0.15, -0.1) is 0 Å². The van der Waals surface area contributed by atoms with E-state index < -0.39 is 5.91 Å². The minimum absolute atomic E-state index is 0.140. The van der Waals surface area contributed by atoms with Crippen LogP contribution in [-0.4, -0.2) is 26.3 Å². The van der Waals surface area contributed by atoms with Crippen molar-refractivity contribution in [2.75, 3.05) is 5.32 Å². The number of nitrogens with one attached hydrogen (secondary N) is 3. The molecule has 104 valence electrons. The molecule has 0 aliphatic heterocycles. The highest BCUT2D eigenvalue weighted by Gasteiger charge is 2.08. The van der Waals surface area contributed by atoms with Gasteiger partial charge in [-0.05, 0) is 24.3 Å². The largest absolute Gasteiger partial charge is 0.321 e. The second-order valence-corrected chi connectivity index (χ2v) is 4.31. The van der Waals surface area contributed by atoms with E-state index in [1.54, 1.807) is 12.3 Å². The van der Waals surface area contributed by atoms with Crippen LogP contribution in [-0.2, 0) is 0 Å². The van der Waals surface area contributed by atoms with Gasteiger partial charge in [0, 0.05) is 23.5 Å². The summed E-state index contributed by atoms with van der Waals surface area (Å²) in [5.74, 6) is -0.395. The SMILES string of the molecule is O=C(Nc1cccc(-c2ccn[nH]2)c1)c1ccc(=O)[nH]n1. The van der Waals surface area contributed by atoms with E-state index in [1.165, 1.54) is 12.1 Å². The predicted molar refractivity (Wildman–Crippen MR) is 76.8 cm³/mol. The van der Waals surface area contributed by atoms with Gasteiger partial charge in [0.25, 0.3) is 11.5 Å². The van der Waals surface area contributed by atoms with Gasteiger partial charge in [-0.25, -0.2) is 5.10 Å². The van der Waals surface area contributed by atoms with E-state index in [0.29, 0.717) is 5.69 Å². The zero-order valence-corrected chi connectivity index (χ0v) is 10.8. The molecule has 2 aromatic heterocycles. The number of carbonyl (C=O) groups excluding carboxylic acids is 1. The number of hydrogen-bond donors (Lipinski definition) is 3. The van der Waals surface area contributed by atoms with E-state index in [-0.39, 0.29) is 11.3 Å². The number of H-pyrrole nitrogens is 2. The van der Waals surface area contributed by atoms with Gasteiger partial charge in [-0.3, -0.25) is 14.7 Å². The molecule has 3 rings (SSSR count). The highest BCUT2D eigenvalue weighted by molar-refractivity contribution is 6.02. The van der Waals surface area contributed by atoms with Crippen LogP contribution in [0.2, 0.25) is 0 Å². The Hall–Kier alpha value is -3.22. The molecule has 21 heavy (non-hydrogen) atoms. The standard InChI is InChI=1S/C14H11N5O2/c20-13-5-4-12(18-19-13)14(21)16-10-3-1-2-9(8-10)11-6-7-15-17-11/h1-8H,(H,15,17)(H,16,21)(H,19,20). The van der Waals surface area contributed by atoms with Gasteiger partial charge in [0.1, 0.15) is 5.69 Å². The van der Waals surface area contributed by atoms with Crippen LogP contribution < -0.4 is 10.9 Å². The van der Waals surface area contributed by atoms with Crippen molar-refractivity contribution in [3.8, 4) is 11.3 Å². The first-order valence-corrected chi connectivity index (χ1v) is 6.19. The van der Waals surface area contributed by atoms with Gasteiger partial charge in [-0.2, -0.15) is 10.2 Å². The molecule has 7 nitrogen and oxygen atoms in total. The van der Waals surface area contributed by atoms with E-state index in [4.69, 9.17) is 0 Å². The van der Waals surface area contributed by atoms with Gasteiger partial charge >= 0.3 is 0 Å². The van der Waals surface area contributed by atoms with Gasteiger partial charge in [0.15, 0.2) is 0 Å². The van der Waals surface area contributed by atoms with Crippen molar-refractivity contribution in [3.63, 3.8) is 0 Å². The fourth-order valence-corrected chi connectivity index (χ4v) is 1.85. The van der Waals surface area contributed by atoms with Crippen LogP contribution in [0.5, 0.6) is 0 Å². The van der Waals surface area contributed by atoms with Crippen LogP contribution in [0.25, 0.3) is 11.3 Å². The molecule has 1 amide bonds. The summed E-state index contributed by atoms with van der Waals surface area (Å²) in [6.07, 6.45) is 1.66. The molecule has 0 aliphatic carbocycles. The number of carbonyl (C=O) groups is 1. The molecule has 0 unspecified atom stereocenters. The van der Waals surface area contributed by atoms with Gasteiger partial charge in [-0.1, -0.05) is 12.1 Å². The number of anilines is 1. The van der Waals surface area contributed by atoms with Crippen LogP contribution in [0.4, 0.5) is 5.69 Å². The number of amides is 1. The van der Waals surface area contributed by atoms with Crippen LogP contribution in [0.1, 0.15) is 10.5 Å². The molecule has 2 heterocycles. The van der Waals surface area contributed by atoms with Crippen molar-refractivity contribution in [1.82, 2.24) is 20.4 Å². The minimum atomic E-state index is -0.395. The smallest absolute Gasteiger partial charge is 0.276 e. The highest BCUT2D eigenvalue weighted by atomic mass is 16.2. The highest BCUT2D eigenvalue weighted by Crippen LogP contribution is 2.20. The molecule has 0 atom stereocenters. The monoisotopic (exact) mass is 281 g/mol. The van der Waals surface area contributed by atoms with Crippen LogP contribution in [0.3, 0.4) is 0 Å². The van der Waals surface area contributed by atoms with Crippen molar-refractivity contribution in [2.24, 2.45) is 0 Å². The molecule has 0 fully saturated rings. The average Bonchev–Trinajstić information content (AvgIpc) is 3.02. The van der Waals surface area contributed by atoms with Crippen molar-refractivity contribution < 1.29 is 4.79 Å². The maximum Gasteiger partial charge on any atom is 0.276 e. The molecule has 0 saturated heterocycles. The lowest BCUT2D eigenvalue weighted by Crippen LogP contribution is -2.17. The Labute approximate surface area is 119 Å². The lowest BCUT2D eigenvalue weighted by Gasteiger charge is -2.06. The summed E-state index contributed by atoms with van der Waals surface area (Å²) >= 11 is 0. The van der Waals surface area contributed by atoms with E-state index >= 15 is 0 Å². The van der Waals surface area contributed by atoms with Gasteiger partial charge in [0.2, 0.25) is 0 Å². The molecule has 3 aromatic rings. The van der Waals surface area contributed by atoms with Gasteiger partial charge in [0.05, 0.1) is 5.69 Å². The fraction of sp³-hybridized carbons (Fsp3) is 0. The molecule has 3 N–H and O–H groups in total. The topological polar surface area (TPSA) is 104 Å². The number of aromatic amines is 2. The van der Waals surface area contributed by atoms with Crippen molar-refractivity contribution in [3.05, 3.63) is 64.7 Å². The Bertz CT molecular complexity index is 803. The van der Waals surface area contributed by atoms with E-state index in [9.17, 15) is 9.59 Å². The van der Waals surface area contributed by atoms with E-state index in [0.717, 1.165) is 11.3 Å². The van der Waals surface area contributed by atoms with Crippen LogP contribution >= 0.6 is 0 Å². The number of nitrogens with zero attached hydrogens (tertiary/aromatic N) is 2. The summed E-state index contributed by atoms with van der Waals surface area (Å²) in [5.41, 5.74) is 2.17. The maximum absolute atomic E-state index is 12.0. The third-order valence-electron chi connectivity index (χ3n) is 2.84. The summed E-state index contributed by atoms with van der Waals surface area (Å²) in [4.78, 5) is 22.9. The molecule has 0 radical (unpaired) electrons. The summed E-state index contributed by atoms with van der Waals surface area (Å²) in [6, 6.07) is 11.8. The Morgan fingerprint density at radius 2 is 2.00 bits per heavy atom. The third kappa shape index (κ3) is 2.86. The first-order valence-electron chi connectivity index (χ1n) is 6.19. The predicted octanol–water partition coefficient (Wildman–Crippen LogP) is 1.41. The maximum atomic E-state index is 12.0. The quantitative estimate of drug-likeness (QED) is 0.675. The van der Waals surface area contributed by atoms with Crippen molar-refractivity contribution in [2.45, 2.75) is 0 Å². The second-order valence-electron chi connectivity index (χ2n) is 4.31. The number of aromatic nitrogens is 4. The first-order chi connectivity index (χ1) is 10.2. The number of benzene rings is 1. The molecule has 0 bridgehead atoms. The Kier molecular flexibility index (Phi) is 3.30. The zero-order chi connectivity index (χ0) is 14.7. The zero-order valence-electron chi connectivity index (χ0n) is 10.8.